The highest BCUT2D eigenvalue weighted by Crippen LogP contribution is 2.38. The molecule has 1 aromatic heterocycles. The average Bonchev–Trinajstić information content (AvgIpc) is 3.53. The summed E-state index contributed by atoms with van der Waals surface area (Å²) < 4.78 is 0. The summed E-state index contributed by atoms with van der Waals surface area (Å²) in [5.41, 5.74) is 3.02. The van der Waals surface area contributed by atoms with Gasteiger partial charge in [0.15, 0.2) is 0 Å². The largest absolute Gasteiger partial charge is 0.368 e. The van der Waals surface area contributed by atoms with E-state index in [1.165, 1.54) is 18.4 Å². The van der Waals surface area contributed by atoms with Crippen molar-refractivity contribution in [3.8, 4) is 6.07 Å². The van der Waals surface area contributed by atoms with Crippen LogP contribution in [-0.2, 0) is 0 Å². The third kappa shape index (κ3) is 3.37. The molecule has 2 aliphatic rings. The molecule has 5 nitrogen and oxygen atoms in total. The molecule has 0 bridgehead atoms. The molecule has 4 rings (SSSR count). The van der Waals surface area contributed by atoms with Crippen molar-refractivity contribution in [1.29, 1.82) is 5.26 Å². The van der Waals surface area contributed by atoms with E-state index in [0.717, 1.165) is 48.8 Å². The van der Waals surface area contributed by atoms with E-state index in [-0.39, 0.29) is 0 Å². The first kappa shape index (κ1) is 16.8. The van der Waals surface area contributed by atoms with Gasteiger partial charge in [-0.15, -0.1) is 0 Å². The number of anilines is 2. The SMILES string of the molecule is Cc1ccc(C#N)c(N2CCCC(N(C)c3ccnc(C4CC4)n3)C2)c1. The Bertz CT molecular complexity index is 837. The predicted octanol–water partition coefficient (Wildman–Crippen LogP) is 3.64. The lowest BCUT2D eigenvalue weighted by atomic mass is 10.0. The van der Waals surface area contributed by atoms with Crippen LogP contribution in [-0.4, -0.2) is 36.1 Å². The fourth-order valence-electron chi connectivity index (χ4n) is 3.77. The van der Waals surface area contributed by atoms with Crippen LogP contribution >= 0.6 is 0 Å². The van der Waals surface area contributed by atoms with Gasteiger partial charge in [0, 0.05) is 38.3 Å². The minimum Gasteiger partial charge on any atom is -0.368 e. The van der Waals surface area contributed by atoms with E-state index in [0.29, 0.717) is 12.0 Å². The number of benzene rings is 1. The zero-order valence-electron chi connectivity index (χ0n) is 15.5. The molecule has 2 heterocycles. The van der Waals surface area contributed by atoms with Crippen LogP contribution in [0.3, 0.4) is 0 Å². The highest BCUT2D eigenvalue weighted by Gasteiger charge is 2.29. The number of aryl methyl sites for hydroxylation is 1. The van der Waals surface area contributed by atoms with Crippen molar-refractivity contribution in [2.45, 2.75) is 44.6 Å². The lowest BCUT2D eigenvalue weighted by Crippen LogP contribution is -2.47. The molecular weight excluding hydrogens is 322 g/mol. The molecule has 1 aliphatic carbocycles. The van der Waals surface area contributed by atoms with Gasteiger partial charge in [0.2, 0.25) is 0 Å². The number of nitrogens with zero attached hydrogens (tertiary/aromatic N) is 5. The van der Waals surface area contributed by atoms with E-state index in [4.69, 9.17) is 4.98 Å². The molecular formula is C21H25N5. The van der Waals surface area contributed by atoms with E-state index >= 15 is 0 Å². The number of hydrogen-bond donors (Lipinski definition) is 0. The maximum atomic E-state index is 9.48. The Morgan fingerprint density at radius 2 is 2.08 bits per heavy atom. The maximum absolute atomic E-state index is 9.48. The van der Waals surface area contributed by atoms with Crippen LogP contribution in [0.2, 0.25) is 0 Å². The summed E-state index contributed by atoms with van der Waals surface area (Å²) in [5.74, 6) is 2.57. The van der Waals surface area contributed by atoms with E-state index < -0.39 is 0 Å². The number of rotatable bonds is 4. The zero-order valence-corrected chi connectivity index (χ0v) is 15.5. The van der Waals surface area contributed by atoms with Gasteiger partial charge < -0.3 is 9.80 Å². The Morgan fingerprint density at radius 3 is 2.85 bits per heavy atom. The third-order valence-electron chi connectivity index (χ3n) is 5.52. The first-order valence-electron chi connectivity index (χ1n) is 9.47. The predicted molar refractivity (Wildman–Crippen MR) is 104 cm³/mol. The summed E-state index contributed by atoms with van der Waals surface area (Å²) in [6.07, 6.45) is 6.59. The topological polar surface area (TPSA) is 56.1 Å². The highest BCUT2D eigenvalue weighted by atomic mass is 15.3. The smallest absolute Gasteiger partial charge is 0.133 e. The first-order valence-corrected chi connectivity index (χ1v) is 9.47. The highest BCUT2D eigenvalue weighted by molar-refractivity contribution is 5.61. The molecule has 1 saturated carbocycles. The van der Waals surface area contributed by atoms with E-state index in [2.05, 4.69) is 40.9 Å². The van der Waals surface area contributed by atoms with Crippen LogP contribution in [0, 0.1) is 18.3 Å². The minimum absolute atomic E-state index is 0.387. The summed E-state index contributed by atoms with van der Waals surface area (Å²) >= 11 is 0. The summed E-state index contributed by atoms with van der Waals surface area (Å²) in [6.45, 7) is 4.00. The lowest BCUT2D eigenvalue weighted by molar-refractivity contribution is 0.485. The standard InChI is InChI=1S/C21H25N5/c1-15-5-6-17(13-22)19(12-15)26-11-3-4-18(14-26)25(2)20-9-10-23-21(24-20)16-7-8-16/h5-6,9-10,12,16,18H,3-4,7-8,11,14H2,1-2H3. The molecule has 1 aromatic carbocycles. The number of hydrogen-bond acceptors (Lipinski definition) is 5. The normalized spacial score (nSPS) is 19.9. The second kappa shape index (κ2) is 6.95. The third-order valence-corrected chi connectivity index (χ3v) is 5.52. The minimum atomic E-state index is 0.387. The van der Waals surface area contributed by atoms with Crippen LogP contribution in [0.15, 0.2) is 30.5 Å². The maximum Gasteiger partial charge on any atom is 0.133 e. The van der Waals surface area contributed by atoms with Gasteiger partial charge in [-0.2, -0.15) is 5.26 Å². The van der Waals surface area contributed by atoms with Crippen molar-refractivity contribution in [3.63, 3.8) is 0 Å². The van der Waals surface area contributed by atoms with Crippen LogP contribution in [0.1, 0.15) is 48.6 Å². The molecule has 2 fully saturated rings. The average molecular weight is 347 g/mol. The van der Waals surface area contributed by atoms with Gasteiger partial charge in [-0.05, 0) is 56.4 Å². The van der Waals surface area contributed by atoms with Gasteiger partial charge in [0.25, 0.3) is 0 Å². The van der Waals surface area contributed by atoms with Crippen LogP contribution in [0.5, 0.6) is 0 Å². The van der Waals surface area contributed by atoms with Crippen molar-refractivity contribution in [1.82, 2.24) is 9.97 Å². The van der Waals surface area contributed by atoms with Crippen molar-refractivity contribution in [2.24, 2.45) is 0 Å². The molecule has 134 valence electrons. The molecule has 0 spiro atoms. The number of likely N-dealkylation sites (N-methyl/N-ethyl adjacent to an activating group) is 1. The Hall–Kier alpha value is -2.61. The van der Waals surface area contributed by atoms with Gasteiger partial charge in [0.05, 0.1) is 11.3 Å². The Balaban J connectivity index is 1.54. The van der Waals surface area contributed by atoms with Gasteiger partial charge in [0.1, 0.15) is 17.7 Å². The fourth-order valence-corrected chi connectivity index (χ4v) is 3.77. The van der Waals surface area contributed by atoms with Crippen LogP contribution < -0.4 is 9.80 Å². The summed E-state index contributed by atoms with van der Waals surface area (Å²) in [7, 11) is 2.13. The van der Waals surface area contributed by atoms with Gasteiger partial charge in [-0.25, -0.2) is 9.97 Å². The number of piperidine rings is 1. The van der Waals surface area contributed by atoms with E-state index in [9.17, 15) is 5.26 Å². The van der Waals surface area contributed by atoms with Crippen molar-refractivity contribution < 1.29 is 0 Å². The summed E-state index contributed by atoms with van der Waals surface area (Å²) in [5, 5.41) is 9.48. The molecule has 0 N–H and O–H groups in total. The lowest BCUT2D eigenvalue weighted by Gasteiger charge is -2.39. The van der Waals surface area contributed by atoms with E-state index in [1.807, 2.05) is 24.4 Å². The molecule has 1 aliphatic heterocycles. The van der Waals surface area contributed by atoms with Crippen molar-refractivity contribution >= 4 is 11.5 Å². The number of aromatic nitrogens is 2. The first-order chi connectivity index (χ1) is 12.7. The van der Waals surface area contributed by atoms with Crippen LogP contribution in [0.25, 0.3) is 0 Å². The second-order valence-electron chi connectivity index (χ2n) is 7.53. The van der Waals surface area contributed by atoms with Crippen molar-refractivity contribution in [2.75, 3.05) is 29.9 Å². The molecule has 2 aromatic rings. The molecule has 1 atom stereocenters. The second-order valence-corrected chi connectivity index (χ2v) is 7.53. The molecule has 0 amide bonds. The van der Waals surface area contributed by atoms with Crippen molar-refractivity contribution in [3.05, 3.63) is 47.4 Å². The molecule has 1 saturated heterocycles. The zero-order chi connectivity index (χ0) is 18.1. The molecule has 26 heavy (non-hydrogen) atoms. The van der Waals surface area contributed by atoms with Gasteiger partial charge in [-0.3, -0.25) is 0 Å². The van der Waals surface area contributed by atoms with Gasteiger partial charge in [-0.1, -0.05) is 6.07 Å². The number of nitriles is 1. The Kier molecular flexibility index (Phi) is 4.50. The monoisotopic (exact) mass is 347 g/mol. The van der Waals surface area contributed by atoms with Gasteiger partial charge >= 0.3 is 0 Å². The molecule has 1 unspecified atom stereocenters. The Labute approximate surface area is 155 Å². The summed E-state index contributed by atoms with van der Waals surface area (Å²) in [4.78, 5) is 13.9. The van der Waals surface area contributed by atoms with E-state index in [1.54, 1.807) is 0 Å². The Morgan fingerprint density at radius 1 is 1.23 bits per heavy atom. The molecule has 5 heteroatoms. The molecule has 0 radical (unpaired) electrons. The quantitative estimate of drug-likeness (QED) is 0.845. The summed E-state index contributed by atoms with van der Waals surface area (Å²) in [6, 6.07) is 10.8. The van der Waals surface area contributed by atoms with Crippen LogP contribution in [0.4, 0.5) is 11.5 Å². The fraction of sp³-hybridized carbons (Fsp3) is 0.476.